The van der Waals surface area contributed by atoms with Crippen LogP contribution in [0.4, 0.5) is 0 Å². The molecule has 0 aliphatic carbocycles. The molecule has 0 bridgehead atoms. The van der Waals surface area contributed by atoms with E-state index in [2.05, 4.69) is 5.32 Å². The molecule has 1 unspecified atom stereocenters. The topological polar surface area (TPSA) is 75.7 Å². The predicted molar refractivity (Wildman–Crippen MR) is 89.9 cm³/mol. The number of ether oxygens (including phenoxy) is 1. The quantitative estimate of drug-likeness (QED) is 0.768. The van der Waals surface area contributed by atoms with Crippen molar-refractivity contribution in [1.29, 1.82) is 0 Å². The van der Waals surface area contributed by atoms with E-state index in [9.17, 15) is 14.4 Å². The van der Waals surface area contributed by atoms with E-state index in [-0.39, 0.29) is 36.5 Å². The molecular weight excluding hydrogens is 308 g/mol. The number of carbonyl (C=O) groups excluding carboxylic acids is 3. The van der Waals surface area contributed by atoms with Crippen LogP contribution in [0.2, 0.25) is 0 Å². The van der Waals surface area contributed by atoms with Crippen molar-refractivity contribution in [3.05, 3.63) is 29.8 Å². The molecule has 1 N–H and O–H groups in total. The van der Waals surface area contributed by atoms with E-state index in [1.807, 2.05) is 13.8 Å². The third-order valence-corrected chi connectivity index (χ3v) is 4.01. The maximum atomic E-state index is 12.2. The van der Waals surface area contributed by atoms with E-state index < -0.39 is 0 Å². The summed E-state index contributed by atoms with van der Waals surface area (Å²) in [5, 5.41) is 2.65. The third kappa shape index (κ3) is 4.57. The van der Waals surface area contributed by atoms with Crippen molar-refractivity contribution in [2.75, 3.05) is 26.7 Å². The average molecular weight is 332 g/mol. The van der Waals surface area contributed by atoms with E-state index in [1.165, 1.54) is 0 Å². The fourth-order valence-corrected chi connectivity index (χ4v) is 2.76. The second kappa shape index (κ2) is 7.95. The van der Waals surface area contributed by atoms with E-state index in [0.717, 1.165) is 0 Å². The first-order chi connectivity index (χ1) is 11.4. The summed E-state index contributed by atoms with van der Waals surface area (Å²) in [5.74, 6) is 0.258. The van der Waals surface area contributed by atoms with Gasteiger partial charge in [-0.2, -0.15) is 0 Å². The average Bonchev–Trinajstić information content (AvgIpc) is 2.92. The van der Waals surface area contributed by atoms with Gasteiger partial charge in [0.2, 0.25) is 11.8 Å². The van der Waals surface area contributed by atoms with Gasteiger partial charge in [-0.1, -0.05) is 13.8 Å². The molecular formula is C18H24N2O4. The molecule has 0 spiro atoms. The zero-order valence-corrected chi connectivity index (χ0v) is 14.4. The molecule has 1 aromatic rings. The molecule has 0 radical (unpaired) electrons. The van der Waals surface area contributed by atoms with Crippen molar-refractivity contribution >= 4 is 17.6 Å². The maximum absolute atomic E-state index is 12.2. The Morgan fingerprint density at radius 1 is 1.29 bits per heavy atom. The van der Waals surface area contributed by atoms with Gasteiger partial charge in [-0.15, -0.1) is 0 Å². The first-order valence-corrected chi connectivity index (χ1v) is 8.13. The molecule has 6 heteroatoms. The fourth-order valence-electron chi connectivity index (χ4n) is 2.76. The van der Waals surface area contributed by atoms with Gasteiger partial charge >= 0.3 is 0 Å². The van der Waals surface area contributed by atoms with Crippen LogP contribution in [0.5, 0.6) is 5.75 Å². The number of hydrogen-bond donors (Lipinski definition) is 1. The molecule has 0 aromatic heterocycles. The third-order valence-electron chi connectivity index (χ3n) is 4.01. The normalized spacial score (nSPS) is 17.2. The standard InChI is InChI=1S/C18H24N2O4/c1-12(2)10-20-11-14(8-17(20)22)18(23)19-9-16(21)13-4-6-15(24-3)7-5-13/h4-7,12,14H,8-11H2,1-3H3,(H,19,23). The monoisotopic (exact) mass is 332 g/mol. The lowest BCUT2D eigenvalue weighted by Gasteiger charge is -2.18. The zero-order valence-electron chi connectivity index (χ0n) is 14.4. The number of hydrogen-bond acceptors (Lipinski definition) is 4. The number of ketones is 1. The van der Waals surface area contributed by atoms with Crippen LogP contribution < -0.4 is 10.1 Å². The van der Waals surface area contributed by atoms with Crippen LogP contribution in [-0.2, 0) is 9.59 Å². The lowest BCUT2D eigenvalue weighted by Crippen LogP contribution is -2.36. The van der Waals surface area contributed by atoms with Crippen LogP contribution in [0, 0.1) is 11.8 Å². The molecule has 1 saturated heterocycles. The van der Waals surface area contributed by atoms with Crippen LogP contribution in [0.15, 0.2) is 24.3 Å². The van der Waals surface area contributed by atoms with Crippen molar-refractivity contribution < 1.29 is 19.1 Å². The Labute approximate surface area is 142 Å². The molecule has 1 aliphatic heterocycles. The highest BCUT2D eigenvalue weighted by Gasteiger charge is 2.34. The molecule has 6 nitrogen and oxygen atoms in total. The van der Waals surface area contributed by atoms with Gasteiger partial charge in [-0.25, -0.2) is 0 Å². The summed E-state index contributed by atoms with van der Waals surface area (Å²) in [7, 11) is 1.56. The highest BCUT2D eigenvalue weighted by atomic mass is 16.5. The summed E-state index contributed by atoms with van der Waals surface area (Å²) in [6.07, 6.45) is 0.218. The van der Waals surface area contributed by atoms with Crippen molar-refractivity contribution in [3.63, 3.8) is 0 Å². The van der Waals surface area contributed by atoms with Crippen molar-refractivity contribution in [1.82, 2.24) is 10.2 Å². The highest BCUT2D eigenvalue weighted by molar-refractivity contribution is 6.00. The van der Waals surface area contributed by atoms with Crippen LogP contribution in [0.3, 0.4) is 0 Å². The summed E-state index contributed by atoms with van der Waals surface area (Å²) in [4.78, 5) is 37.9. The highest BCUT2D eigenvalue weighted by Crippen LogP contribution is 2.19. The number of nitrogens with zero attached hydrogens (tertiary/aromatic N) is 1. The van der Waals surface area contributed by atoms with Crippen LogP contribution in [0.25, 0.3) is 0 Å². The molecule has 1 fully saturated rings. The Balaban J connectivity index is 1.84. The van der Waals surface area contributed by atoms with Gasteiger partial charge in [0, 0.05) is 25.1 Å². The largest absolute Gasteiger partial charge is 0.497 e. The summed E-state index contributed by atoms with van der Waals surface area (Å²) in [6.45, 7) is 5.09. The Kier molecular flexibility index (Phi) is 5.95. The molecule has 130 valence electrons. The lowest BCUT2D eigenvalue weighted by molar-refractivity contribution is -0.129. The summed E-state index contributed by atoms with van der Waals surface area (Å²) in [5.41, 5.74) is 0.514. The molecule has 2 amide bonds. The van der Waals surface area contributed by atoms with Crippen molar-refractivity contribution in [3.8, 4) is 5.75 Å². The van der Waals surface area contributed by atoms with Gasteiger partial charge < -0.3 is 15.0 Å². The van der Waals surface area contributed by atoms with Crippen LogP contribution in [0.1, 0.15) is 30.6 Å². The molecule has 1 aliphatic rings. The minimum Gasteiger partial charge on any atom is -0.497 e. The number of nitrogens with one attached hydrogen (secondary N) is 1. The number of carbonyl (C=O) groups is 3. The second-order valence-electron chi connectivity index (χ2n) is 6.46. The molecule has 1 heterocycles. The van der Waals surface area contributed by atoms with Gasteiger partial charge in [0.15, 0.2) is 5.78 Å². The Hall–Kier alpha value is -2.37. The minimum atomic E-state index is -0.375. The van der Waals surface area contributed by atoms with Crippen LogP contribution in [-0.4, -0.2) is 49.2 Å². The van der Waals surface area contributed by atoms with Gasteiger partial charge in [0.05, 0.1) is 19.6 Å². The van der Waals surface area contributed by atoms with Crippen molar-refractivity contribution in [2.24, 2.45) is 11.8 Å². The zero-order chi connectivity index (χ0) is 17.7. The first-order valence-electron chi connectivity index (χ1n) is 8.13. The first kappa shape index (κ1) is 18.0. The summed E-state index contributed by atoms with van der Waals surface area (Å²) < 4.78 is 5.04. The van der Waals surface area contributed by atoms with Crippen molar-refractivity contribution in [2.45, 2.75) is 20.3 Å². The molecule has 1 aromatic carbocycles. The number of likely N-dealkylation sites (tertiary alicyclic amines) is 1. The van der Waals surface area contributed by atoms with Gasteiger partial charge in [-0.05, 0) is 30.2 Å². The smallest absolute Gasteiger partial charge is 0.225 e. The second-order valence-corrected chi connectivity index (χ2v) is 6.46. The SMILES string of the molecule is COc1ccc(C(=O)CNC(=O)C2CC(=O)N(CC(C)C)C2)cc1. The molecule has 1 atom stereocenters. The Morgan fingerprint density at radius 2 is 1.96 bits per heavy atom. The minimum absolute atomic E-state index is 0.00494. The summed E-state index contributed by atoms with van der Waals surface area (Å²) >= 11 is 0. The number of methoxy groups -OCH3 is 1. The number of rotatable bonds is 7. The van der Waals surface area contributed by atoms with E-state index in [0.29, 0.717) is 30.3 Å². The Bertz CT molecular complexity index is 610. The van der Waals surface area contributed by atoms with Gasteiger partial charge in [-0.3, -0.25) is 14.4 Å². The number of amides is 2. The summed E-state index contributed by atoms with van der Waals surface area (Å²) in [6, 6.07) is 6.73. The number of Topliss-reactive ketones (excluding diaryl/α,β-unsaturated/α-hetero) is 1. The molecule has 24 heavy (non-hydrogen) atoms. The fraction of sp³-hybridized carbons (Fsp3) is 0.500. The van der Waals surface area contributed by atoms with Crippen LogP contribution >= 0.6 is 0 Å². The number of benzene rings is 1. The molecule has 2 rings (SSSR count). The maximum Gasteiger partial charge on any atom is 0.225 e. The van der Waals surface area contributed by atoms with E-state index in [1.54, 1.807) is 36.3 Å². The van der Waals surface area contributed by atoms with E-state index in [4.69, 9.17) is 4.74 Å². The van der Waals surface area contributed by atoms with Gasteiger partial charge in [0.1, 0.15) is 5.75 Å². The Morgan fingerprint density at radius 3 is 2.54 bits per heavy atom. The van der Waals surface area contributed by atoms with Gasteiger partial charge in [0.25, 0.3) is 0 Å². The molecule has 0 saturated carbocycles. The lowest BCUT2D eigenvalue weighted by atomic mass is 10.1. The van der Waals surface area contributed by atoms with E-state index >= 15 is 0 Å². The predicted octanol–water partition coefficient (Wildman–Crippen LogP) is 1.50.